The van der Waals surface area contributed by atoms with Crippen LogP contribution >= 0.6 is 0 Å². The molecule has 33 heavy (non-hydrogen) atoms. The molecule has 3 atom stereocenters. The maximum Gasteiger partial charge on any atom is 0.349 e. The van der Waals surface area contributed by atoms with Crippen LogP contribution in [0.1, 0.15) is 45.3 Å². The van der Waals surface area contributed by atoms with Crippen molar-refractivity contribution >= 4 is 22.5 Å². The Morgan fingerprint density at radius 3 is 2.76 bits per heavy atom. The Balaban J connectivity index is 1.50. The molecule has 0 amide bonds. The maximum absolute atomic E-state index is 14.1. The van der Waals surface area contributed by atoms with Crippen molar-refractivity contribution in [1.82, 2.24) is 39.2 Å². The van der Waals surface area contributed by atoms with Gasteiger partial charge in [-0.1, -0.05) is 13.8 Å². The molecule has 11 heteroatoms. The number of halogens is 1. The van der Waals surface area contributed by atoms with Gasteiger partial charge in [0.15, 0.2) is 22.8 Å². The quantitative estimate of drug-likeness (QED) is 0.495. The zero-order chi connectivity index (χ0) is 23.3. The summed E-state index contributed by atoms with van der Waals surface area (Å²) < 4.78 is 17.0. The molecule has 1 fully saturated rings. The summed E-state index contributed by atoms with van der Waals surface area (Å²) in [6, 6.07) is 2.24. The Labute approximate surface area is 190 Å². The van der Waals surface area contributed by atoms with Gasteiger partial charge in [-0.25, -0.2) is 18.7 Å². The Kier molecular flexibility index (Phi) is 5.35. The summed E-state index contributed by atoms with van der Waals surface area (Å²) in [6.07, 6.45) is 6.46. The highest BCUT2D eigenvalue weighted by Gasteiger charge is 2.37. The van der Waals surface area contributed by atoms with Gasteiger partial charge in [0.1, 0.15) is 0 Å². The number of hydrogen-bond donors (Lipinski definition) is 1. The highest BCUT2D eigenvalue weighted by molar-refractivity contribution is 5.85. The molecule has 0 spiro atoms. The average molecular weight is 454 g/mol. The summed E-state index contributed by atoms with van der Waals surface area (Å²) in [5.74, 6) is 0.208. The lowest BCUT2D eigenvalue weighted by Crippen LogP contribution is -2.59. The lowest BCUT2D eigenvalue weighted by atomic mass is 9.99. The average Bonchev–Trinajstić information content (AvgIpc) is 3.47. The summed E-state index contributed by atoms with van der Waals surface area (Å²) >= 11 is 0. The molecule has 1 aliphatic rings. The van der Waals surface area contributed by atoms with E-state index in [4.69, 9.17) is 0 Å². The minimum atomic E-state index is -0.424. The number of anilines is 1. The normalized spacial score (nSPS) is 20.7. The number of aromatic amines is 1. The fourth-order valence-corrected chi connectivity index (χ4v) is 4.90. The number of nitrogens with one attached hydrogen (secondary N) is 1. The van der Waals surface area contributed by atoms with Gasteiger partial charge in [0, 0.05) is 50.7 Å². The van der Waals surface area contributed by atoms with E-state index in [9.17, 15) is 9.18 Å². The molecule has 0 radical (unpaired) electrons. The fourth-order valence-electron chi connectivity index (χ4n) is 4.90. The Bertz CT molecular complexity index is 1360. The number of piperazine rings is 1. The van der Waals surface area contributed by atoms with Gasteiger partial charge in [0.25, 0.3) is 0 Å². The molecule has 5 heterocycles. The number of hydrogen-bond acceptors (Lipinski definition) is 7. The minimum absolute atomic E-state index is 0.00699. The Morgan fingerprint density at radius 1 is 1.21 bits per heavy atom. The van der Waals surface area contributed by atoms with Crippen molar-refractivity contribution in [2.45, 2.75) is 51.7 Å². The first-order valence-corrected chi connectivity index (χ1v) is 11.4. The van der Waals surface area contributed by atoms with Crippen LogP contribution in [-0.2, 0) is 7.05 Å². The molecule has 4 aromatic heterocycles. The zero-order valence-electron chi connectivity index (χ0n) is 19.2. The number of nitrogens with zero attached hydrogens (tertiary/aromatic N) is 8. The standard InChI is InChI=1S/C22H28FN9O/c1-5-14-12-31(21-19-18(10-24-28-19)29(4)22(33)27-21)15(6-2)11-30(14)13(3)17-7-8-32-20(26-17)16(23)9-25-32/h7-10,13-15H,5-6,11-12H2,1-4H3,(H,24,28)/t13?,14-,15+/m1/s1. The number of aromatic nitrogens is 7. The Morgan fingerprint density at radius 2 is 2.00 bits per heavy atom. The van der Waals surface area contributed by atoms with Crippen LogP contribution in [-0.4, -0.2) is 64.4 Å². The van der Waals surface area contributed by atoms with Crippen LogP contribution in [0.15, 0.2) is 29.5 Å². The third-order valence-electron chi connectivity index (χ3n) is 6.91. The summed E-state index contributed by atoms with van der Waals surface area (Å²) in [5.41, 5.74) is 2.20. The largest absolute Gasteiger partial charge is 0.349 e. The van der Waals surface area contributed by atoms with Crippen molar-refractivity contribution in [2.24, 2.45) is 7.05 Å². The number of fused-ring (bicyclic) bond motifs is 2. The number of rotatable bonds is 5. The van der Waals surface area contributed by atoms with E-state index in [1.807, 2.05) is 6.07 Å². The Hall–Kier alpha value is -3.34. The van der Waals surface area contributed by atoms with Gasteiger partial charge in [-0.3, -0.25) is 14.6 Å². The molecule has 0 saturated carbocycles. The molecule has 0 aromatic carbocycles. The maximum atomic E-state index is 14.1. The highest BCUT2D eigenvalue weighted by Crippen LogP contribution is 2.32. The lowest BCUT2D eigenvalue weighted by molar-refractivity contribution is 0.0988. The predicted molar refractivity (Wildman–Crippen MR) is 123 cm³/mol. The second-order valence-corrected chi connectivity index (χ2v) is 8.66. The zero-order valence-corrected chi connectivity index (χ0v) is 19.2. The van der Waals surface area contributed by atoms with Crippen LogP contribution in [0, 0.1) is 5.82 Å². The number of aryl methyl sites for hydroxylation is 1. The molecule has 0 aliphatic carbocycles. The van der Waals surface area contributed by atoms with Gasteiger partial charge in [-0.2, -0.15) is 15.2 Å². The molecular formula is C22H28FN9O. The van der Waals surface area contributed by atoms with E-state index in [0.29, 0.717) is 17.9 Å². The third-order valence-corrected chi connectivity index (χ3v) is 6.91. The molecule has 1 aliphatic heterocycles. The van der Waals surface area contributed by atoms with Crippen LogP contribution in [0.5, 0.6) is 0 Å². The first-order chi connectivity index (χ1) is 15.9. The van der Waals surface area contributed by atoms with E-state index in [-0.39, 0.29) is 29.5 Å². The topological polar surface area (TPSA) is 100 Å². The van der Waals surface area contributed by atoms with Gasteiger partial charge in [0.05, 0.1) is 17.4 Å². The van der Waals surface area contributed by atoms with E-state index < -0.39 is 5.82 Å². The van der Waals surface area contributed by atoms with Crippen molar-refractivity contribution in [3.63, 3.8) is 0 Å². The summed E-state index contributed by atoms with van der Waals surface area (Å²) in [7, 11) is 1.70. The summed E-state index contributed by atoms with van der Waals surface area (Å²) in [6.45, 7) is 7.89. The van der Waals surface area contributed by atoms with Crippen LogP contribution in [0.2, 0.25) is 0 Å². The van der Waals surface area contributed by atoms with E-state index in [0.717, 1.165) is 30.6 Å². The molecule has 1 saturated heterocycles. The molecule has 174 valence electrons. The molecule has 0 bridgehead atoms. The minimum Gasteiger partial charge on any atom is -0.349 e. The molecule has 1 unspecified atom stereocenters. The summed E-state index contributed by atoms with van der Waals surface area (Å²) in [4.78, 5) is 26.2. The second kappa shape index (κ2) is 8.22. The third kappa shape index (κ3) is 3.47. The SMILES string of the molecule is CC[C@H]1CN(C(C)c2ccn3ncc(F)c3n2)[C@H](CC)CN1c1nc(=O)n(C)c2c[nH]nc12. The van der Waals surface area contributed by atoms with Crippen molar-refractivity contribution < 1.29 is 4.39 Å². The number of H-pyrrole nitrogens is 1. The molecule has 4 aromatic rings. The first kappa shape index (κ1) is 21.5. The lowest BCUT2D eigenvalue weighted by Gasteiger charge is -2.48. The van der Waals surface area contributed by atoms with E-state index in [2.05, 4.69) is 55.8 Å². The van der Waals surface area contributed by atoms with Crippen LogP contribution in [0.25, 0.3) is 16.7 Å². The van der Waals surface area contributed by atoms with Crippen molar-refractivity contribution in [3.05, 3.63) is 46.7 Å². The molecule has 10 nitrogen and oxygen atoms in total. The van der Waals surface area contributed by atoms with Crippen LogP contribution in [0.4, 0.5) is 10.2 Å². The highest BCUT2D eigenvalue weighted by atomic mass is 19.1. The predicted octanol–water partition coefficient (Wildman–Crippen LogP) is 2.28. The smallest absolute Gasteiger partial charge is 0.349 e. The van der Waals surface area contributed by atoms with Crippen LogP contribution in [0.3, 0.4) is 0 Å². The van der Waals surface area contributed by atoms with Gasteiger partial charge >= 0.3 is 5.69 Å². The van der Waals surface area contributed by atoms with Gasteiger partial charge in [0.2, 0.25) is 0 Å². The van der Waals surface area contributed by atoms with Crippen LogP contribution < -0.4 is 10.6 Å². The molecule has 1 N–H and O–H groups in total. The van der Waals surface area contributed by atoms with Crippen molar-refractivity contribution in [1.29, 1.82) is 0 Å². The van der Waals surface area contributed by atoms with Crippen molar-refractivity contribution in [3.8, 4) is 0 Å². The van der Waals surface area contributed by atoms with Gasteiger partial charge in [-0.05, 0) is 25.8 Å². The van der Waals surface area contributed by atoms with E-state index in [1.165, 1.54) is 15.3 Å². The second-order valence-electron chi connectivity index (χ2n) is 8.66. The van der Waals surface area contributed by atoms with Gasteiger partial charge in [-0.15, -0.1) is 0 Å². The molecule has 5 rings (SSSR count). The summed E-state index contributed by atoms with van der Waals surface area (Å²) in [5, 5.41) is 11.2. The van der Waals surface area contributed by atoms with E-state index >= 15 is 0 Å². The monoisotopic (exact) mass is 453 g/mol. The first-order valence-electron chi connectivity index (χ1n) is 11.4. The van der Waals surface area contributed by atoms with Crippen molar-refractivity contribution in [2.75, 3.05) is 18.0 Å². The fraction of sp³-hybridized carbons (Fsp3) is 0.500. The molecular weight excluding hydrogens is 425 g/mol. The van der Waals surface area contributed by atoms with Gasteiger partial charge < -0.3 is 4.90 Å². The van der Waals surface area contributed by atoms with E-state index in [1.54, 1.807) is 19.4 Å².